The predicted octanol–water partition coefficient (Wildman–Crippen LogP) is 5.50. The smallest absolute Gasteiger partial charge is 0.343 e. The Bertz CT molecular complexity index is 1100. The van der Waals surface area contributed by atoms with E-state index < -0.39 is 5.97 Å². The maximum absolute atomic E-state index is 12.5. The van der Waals surface area contributed by atoms with Gasteiger partial charge in [-0.05, 0) is 65.3 Å². The SMILES string of the molecule is Cc1cccc(C(=O)Oc2ccc(Br)cc2/C=N\NC(=O)c2ccccc2Br)c1. The Morgan fingerprint density at radius 1 is 1.00 bits per heavy atom. The monoisotopic (exact) mass is 514 g/mol. The topological polar surface area (TPSA) is 67.8 Å². The lowest BCUT2D eigenvalue weighted by atomic mass is 10.1. The highest BCUT2D eigenvalue weighted by Gasteiger charge is 2.12. The van der Waals surface area contributed by atoms with Gasteiger partial charge in [-0.3, -0.25) is 4.79 Å². The summed E-state index contributed by atoms with van der Waals surface area (Å²) in [6.07, 6.45) is 1.43. The van der Waals surface area contributed by atoms with Crippen molar-refractivity contribution >= 4 is 50.0 Å². The summed E-state index contributed by atoms with van der Waals surface area (Å²) in [5.41, 5.74) is 4.89. The van der Waals surface area contributed by atoms with Gasteiger partial charge in [-0.1, -0.05) is 45.8 Å². The van der Waals surface area contributed by atoms with E-state index in [1.165, 1.54) is 6.21 Å². The quantitative estimate of drug-likeness (QED) is 0.211. The molecule has 0 heterocycles. The van der Waals surface area contributed by atoms with Crippen LogP contribution in [0.25, 0.3) is 0 Å². The van der Waals surface area contributed by atoms with Crippen LogP contribution in [0.15, 0.2) is 80.8 Å². The third-order valence-corrected chi connectivity index (χ3v) is 5.10. The molecule has 0 saturated carbocycles. The van der Waals surface area contributed by atoms with Gasteiger partial charge in [0.15, 0.2) is 0 Å². The molecule has 0 atom stereocenters. The molecule has 0 saturated heterocycles. The molecule has 0 aliphatic carbocycles. The summed E-state index contributed by atoms with van der Waals surface area (Å²) < 4.78 is 6.98. The number of aryl methyl sites for hydroxylation is 1. The maximum atomic E-state index is 12.5. The number of nitrogens with one attached hydrogen (secondary N) is 1. The number of hydrazone groups is 1. The minimum Gasteiger partial charge on any atom is -0.422 e. The van der Waals surface area contributed by atoms with E-state index in [0.717, 1.165) is 10.0 Å². The molecule has 3 aromatic carbocycles. The van der Waals surface area contributed by atoms with Crippen molar-refractivity contribution in [2.75, 3.05) is 0 Å². The van der Waals surface area contributed by atoms with Crippen LogP contribution in [0.3, 0.4) is 0 Å². The van der Waals surface area contributed by atoms with E-state index in [0.29, 0.717) is 26.9 Å². The van der Waals surface area contributed by atoms with Gasteiger partial charge in [-0.25, -0.2) is 10.2 Å². The van der Waals surface area contributed by atoms with Gasteiger partial charge in [0.25, 0.3) is 5.91 Å². The van der Waals surface area contributed by atoms with Crippen LogP contribution in [0.1, 0.15) is 31.8 Å². The third-order valence-electron chi connectivity index (χ3n) is 3.92. The van der Waals surface area contributed by atoms with Crippen molar-refractivity contribution < 1.29 is 14.3 Å². The van der Waals surface area contributed by atoms with Crippen LogP contribution in [0, 0.1) is 6.92 Å². The molecule has 0 radical (unpaired) electrons. The second kappa shape index (κ2) is 9.62. The standard InChI is InChI=1S/C22H16Br2N2O3/c1-14-5-4-6-15(11-14)22(28)29-20-10-9-17(23)12-16(20)13-25-26-21(27)18-7-2-3-8-19(18)24/h2-13H,1H3,(H,26,27)/b25-13-. The molecule has 3 rings (SSSR count). The van der Waals surface area contributed by atoms with Crippen molar-refractivity contribution in [3.63, 3.8) is 0 Å². The summed E-state index contributed by atoms with van der Waals surface area (Å²) in [7, 11) is 0. The van der Waals surface area contributed by atoms with E-state index >= 15 is 0 Å². The van der Waals surface area contributed by atoms with E-state index in [-0.39, 0.29) is 5.91 Å². The third kappa shape index (κ3) is 5.62. The molecule has 5 nitrogen and oxygen atoms in total. The molecule has 0 spiro atoms. The number of carbonyl (C=O) groups is 2. The highest BCUT2D eigenvalue weighted by Crippen LogP contribution is 2.23. The molecule has 0 aliphatic heterocycles. The zero-order valence-corrected chi connectivity index (χ0v) is 18.5. The second-order valence-corrected chi connectivity index (χ2v) is 7.89. The number of carbonyl (C=O) groups excluding carboxylic acids is 2. The molecule has 1 amide bonds. The number of nitrogens with zero attached hydrogens (tertiary/aromatic N) is 1. The van der Waals surface area contributed by atoms with Gasteiger partial charge in [-0.15, -0.1) is 0 Å². The summed E-state index contributed by atoms with van der Waals surface area (Å²) in [6, 6.07) is 19.4. The lowest BCUT2D eigenvalue weighted by Gasteiger charge is -2.08. The fourth-order valence-corrected chi connectivity index (χ4v) is 3.35. The number of hydrogen-bond acceptors (Lipinski definition) is 4. The minimum atomic E-state index is -0.470. The Hall–Kier alpha value is -2.77. The first kappa shape index (κ1) is 21.0. The van der Waals surface area contributed by atoms with E-state index in [1.54, 1.807) is 54.6 Å². The van der Waals surface area contributed by atoms with E-state index in [2.05, 4.69) is 42.4 Å². The number of hydrogen-bond donors (Lipinski definition) is 1. The Labute approximate surface area is 185 Å². The molecule has 29 heavy (non-hydrogen) atoms. The highest BCUT2D eigenvalue weighted by molar-refractivity contribution is 9.10. The van der Waals surface area contributed by atoms with Crippen LogP contribution in [-0.2, 0) is 0 Å². The molecule has 3 aromatic rings. The predicted molar refractivity (Wildman–Crippen MR) is 119 cm³/mol. The molecule has 0 aliphatic rings. The first-order valence-corrected chi connectivity index (χ1v) is 10.2. The Balaban J connectivity index is 1.76. The molecule has 0 fully saturated rings. The summed E-state index contributed by atoms with van der Waals surface area (Å²) in [5, 5.41) is 4.00. The molecule has 0 aromatic heterocycles. The molecular formula is C22H16Br2N2O3. The number of rotatable bonds is 5. The summed E-state index contributed by atoms with van der Waals surface area (Å²) in [4.78, 5) is 24.7. The first-order chi connectivity index (χ1) is 13.9. The largest absolute Gasteiger partial charge is 0.422 e. The van der Waals surface area contributed by atoms with Crippen LogP contribution in [0.4, 0.5) is 0 Å². The lowest BCUT2D eigenvalue weighted by molar-refractivity contribution is 0.0734. The van der Waals surface area contributed by atoms with Gasteiger partial charge in [0, 0.05) is 14.5 Å². The molecule has 0 unspecified atom stereocenters. The average Bonchev–Trinajstić information content (AvgIpc) is 2.70. The maximum Gasteiger partial charge on any atom is 0.343 e. The van der Waals surface area contributed by atoms with Crippen LogP contribution < -0.4 is 10.2 Å². The van der Waals surface area contributed by atoms with Crippen LogP contribution >= 0.6 is 31.9 Å². The number of esters is 1. The van der Waals surface area contributed by atoms with Crippen molar-refractivity contribution in [2.24, 2.45) is 5.10 Å². The van der Waals surface area contributed by atoms with Crippen LogP contribution in [-0.4, -0.2) is 18.1 Å². The summed E-state index contributed by atoms with van der Waals surface area (Å²) in [6.45, 7) is 1.91. The molecular weight excluding hydrogens is 500 g/mol. The minimum absolute atomic E-state index is 0.332. The van der Waals surface area contributed by atoms with E-state index in [4.69, 9.17) is 4.74 Å². The zero-order chi connectivity index (χ0) is 20.8. The molecule has 0 bridgehead atoms. The zero-order valence-electron chi connectivity index (χ0n) is 15.4. The highest BCUT2D eigenvalue weighted by atomic mass is 79.9. The van der Waals surface area contributed by atoms with Gasteiger partial charge in [0.2, 0.25) is 0 Å². The lowest BCUT2D eigenvalue weighted by Crippen LogP contribution is -2.18. The van der Waals surface area contributed by atoms with E-state index in [9.17, 15) is 9.59 Å². The van der Waals surface area contributed by atoms with Crippen LogP contribution in [0.5, 0.6) is 5.75 Å². The van der Waals surface area contributed by atoms with Crippen molar-refractivity contribution in [3.05, 3.63) is 97.9 Å². The number of ether oxygens (including phenoxy) is 1. The van der Waals surface area contributed by atoms with Gasteiger partial charge in [0.05, 0.1) is 17.3 Å². The average molecular weight is 516 g/mol. The van der Waals surface area contributed by atoms with Crippen molar-refractivity contribution in [1.82, 2.24) is 5.43 Å². The Morgan fingerprint density at radius 3 is 2.55 bits per heavy atom. The van der Waals surface area contributed by atoms with Crippen molar-refractivity contribution in [3.8, 4) is 5.75 Å². The van der Waals surface area contributed by atoms with Gasteiger partial charge < -0.3 is 4.74 Å². The molecule has 146 valence electrons. The fourth-order valence-electron chi connectivity index (χ4n) is 2.51. The van der Waals surface area contributed by atoms with Gasteiger partial charge >= 0.3 is 5.97 Å². The fraction of sp³-hybridized carbons (Fsp3) is 0.0455. The number of amides is 1. The molecule has 1 N–H and O–H groups in total. The Morgan fingerprint density at radius 2 is 1.79 bits per heavy atom. The Kier molecular flexibility index (Phi) is 6.95. The van der Waals surface area contributed by atoms with Crippen LogP contribution in [0.2, 0.25) is 0 Å². The van der Waals surface area contributed by atoms with Gasteiger partial charge in [0.1, 0.15) is 5.75 Å². The van der Waals surface area contributed by atoms with Crippen molar-refractivity contribution in [1.29, 1.82) is 0 Å². The van der Waals surface area contributed by atoms with Gasteiger partial charge in [-0.2, -0.15) is 5.10 Å². The van der Waals surface area contributed by atoms with E-state index in [1.807, 2.05) is 19.1 Å². The number of benzene rings is 3. The summed E-state index contributed by atoms with van der Waals surface area (Å²) >= 11 is 6.72. The first-order valence-electron chi connectivity index (χ1n) is 8.60. The second-order valence-electron chi connectivity index (χ2n) is 6.12. The molecule has 7 heteroatoms. The summed E-state index contributed by atoms with van der Waals surface area (Å²) in [5.74, 6) is -0.497. The van der Waals surface area contributed by atoms with Crippen molar-refractivity contribution in [2.45, 2.75) is 6.92 Å². The normalized spacial score (nSPS) is 10.7. The number of halogens is 2.